The first-order valence-electron chi connectivity index (χ1n) is 14.8. The minimum atomic E-state index is -2.69. The molecule has 0 atom stereocenters. The highest BCUT2D eigenvalue weighted by atomic mass is 28.3. The van der Waals surface area contributed by atoms with Gasteiger partial charge in [0.2, 0.25) is 5.95 Å². The van der Waals surface area contributed by atoms with Gasteiger partial charge in [-0.05, 0) is 26.3 Å². The van der Waals surface area contributed by atoms with E-state index >= 15 is 0 Å². The Bertz CT molecular complexity index is 2080. The molecular weight excluding hydrogens is 553 g/mol. The predicted octanol–water partition coefficient (Wildman–Crippen LogP) is 6.01. The van der Waals surface area contributed by atoms with Gasteiger partial charge in [0.05, 0.1) is 22.4 Å². The quantitative estimate of drug-likeness (QED) is 0.179. The van der Waals surface area contributed by atoms with Crippen molar-refractivity contribution in [2.24, 2.45) is 0 Å². The number of benzene rings is 5. The number of fused-ring (bicyclic) bond motifs is 3. The molecule has 209 valence electrons. The standard InChI is InChI=1S/C39H28N4Si/c1-4-14-29(15-5-1)44(30-16-6-2-7-17-30,31-18-8-3-9-19-31)32-24-26-40-36(28-32)35-25-27-41-39(42-35)43-37-22-12-10-20-33(37)34-21-11-13-23-38(34)43/h1-28H/q-1. The van der Waals surface area contributed by atoms with E-state index in [1.54, 1.807) is 0 Å². The second-order valence-corrected chi connectivity index (χ2v) is 14.7. The van der Waals surface area contributed by atoms with Gasteiger partial charge in [-0.15, -0.1) is 0 Å². The van der Waals surface area contributed by atoms with Crippen molar-refractivity contribution in [3.05, 3.63) is 170 Å². The van der Waals surface area contributed by atoms with Crippen LogP contribution in [0.2, 0.25) is 0 Å². The second kappa shape index (κ2) is 10.9. The molecule has 8 rings (SSSR count). The number of para-hydroxylation sites is 2. The van der Waals surface area contributed by atoms with E-state index in [2.05, 4.69) is 156 Å². The van der Waals surface area contributed by atoms with Gasteiger partial charge in [0.25, 0.3) is 0 Å². The maximum atomic E-state index is 5.13. The summed E-state index contributed by atoms with van der Waals surface area (Å²) < 4.78 is 2.15. The topological polar surface area (TPSA) is 43.6 Å². The molecule has 3 heterocycles. The first-order valence-corrected chi connectivity index (χ1v) is 16.8. The van der Waals surface area contributed by atoms with Crippen LogP contribution in [0, 0.1) is 0 Å². The van der Waals surface area contributed by atoms with Crippen molar-refractivity contribution < 1.29 is 0 Å². The van der Waals surface area contributed by atoms with E-state index < -0.39 is 8.07 Å². The van der Waals surface area contributed by atoms with Gasteiger partial charge in [0, 0.05) is 23.2 Å². The summed E-state index contributed by atoms with van der Waals surface area (Å²) in [6, 6.07) is 56.1. The smallest absolute Gasteiger partial charge is 0.235 e. The molecule has 8 aromatic rings. The van der Waals surface area contributed by atoms with Crippen molar-refractivity contribution in [2.45, 2.75) is 0 Å². The van der Waals surface area contributed by atoms with Crippen LogP contribution in [-0.4, -0.2) is 27.6 Å². The summed E-state index contributed by atoms with van der Waals surface area (Å²) in [5.41, 5.74) is 3.77. The summed E-state index contributed by atoms with van der Waals surface area (Å²) >= 11 is 0. The van der Waals surface area contributed by atoms with Crippen molar-refractivity contribution in [3.8, 4) is 17.3 Å². The van der Waals surface area contributed by atoms with Crippen LogP contribution in [-0.2, 0) is 0 Å². The molecule has 0 aliphatic rings. The lowest BCUT2D eigenvalue weighted by Crippen LogP contribution is -2.74. The van der Waals surface area contributed by atoms with Crippen LogP contribution in [0.3, 0.4) is 0 Å². The van der Waals surface area contributed by atoms with Crippen LogP contribution >= 0.6 is 0 Å². The van der Waals surface area contributed by atoms with E-state index in [-0.39, 0.29) is 0 Å². The highest BCUT2D eigenvalue weighted by molar-refractivity contribution is 7.19. The lowest BCUT2D eigenvalue weighted by Gasteiger charge is -2.47. The monoisotopic (exact) mass is 580 g/mol. The normalized spacial score (nSPS) is 11.6. The molecule has 0 saturated carbocycles. The molecule has 0 bridgehead atoms. The van der Waals surface area contributed by atoms with Crippen LogP contribution < -0.4 is 20.7 Å². The minimum absolute atomic E-state index is 0.629. The molecule has 44 heavy (non-hydrogen) atoms. The SMILES string of the molecule is c1ccc([Si-](c2ccccc2)(c2ccccc2)c2ccnc(-c3ccnc(-n4c5ccccc5c5ccccc54)n3)c2)cc1. The summed E-state index contributed by atoms with van der Waals surface area (Å²) in [4.78, 5) is 14.8. The number of pyridine rings is 1. The molecule has 3 aromatic heterocycles. The van der Waals surface area contributed by atoms with Gasteiger partial charge >= 0.3 is 0 Å². The Morgan fingerprint density at radius 1 is 0.409 bits per heavy atom. The van der Waals surface area contributed by atoms with Gasteiger partial charge in [-0.2, -0.15) is 20.7 Å². The van der Waals surface area contributed by atoms with E-state index in [1.807, 2.05) is 18.5 Å². The molecular formula is C39H28N4Si-. The Balaban J connectivity index is 1.35. The fourth-order valence-corrected chi connectivity index (χ4v) is 11.4. The number of hydrogen-bond acceptors (Lipinski definition) is 3. The molecule has 0 radical (unpaired) electrons. The zero-order valence-corrected chi connectivity index (χ0v) is 25.0. The van der Waals surface area contributed by atoms with Crippen molar-refractivity contribution >= 4 is 50.6 Å². The predicted molar refractivity (Wildman–Crippen MR) is 183 cm³/mol. The average molecular weight is 581 g/mol. The Morgan fingerprint density at radius 2 is 0.886 bits per heavy atom. The highest BCUT2D eigenvalue weighted by Gasteiger charge is 2.28. The van der Waals surface area contributed by atoms with Gasteiger partial charge in [0.15, 0.2) is 0 Å². The van der Waals surface area contributed by atoms with E-state index in [9.17, 15) is 0 Å². The Labute approximate surface area is 257 Å². The van der Waals surface area contributed by atoms with E-state index in [1.165, 1.54) is 31.5 Å². The maximum Gasteiger partial charge on any atom is 0.235 e. The molecule has 0 N–H and O–H groups in total. The molecule has 0 aliphatic carbocycles. The lowest BCUT2D eigenvalue weighted by atomic mass is 10.2. The van der Waals surface area contributed by atoms with Crippen LogP contribution in [0.25, 0.3) is 39.1 Å². The number of hydrogen-bond donors (Lipinski definition) is 0. The summed E-state index contributed by atoms with van der Waals surface area (Å²) in [6.07, 6.45) is 3.77. The van der Waals surface area contributed by atoms with E-state index in [0.717, 1.165) is 22.4 Å². The van der Waals surface area contributed by atoms with E-state index in [4.69, 9.17) is 15.0 Å². The fourth-order valence-electron chi connectivity index (χ4n) is 6.61. The summed E-state index contributed by atoms with van der Waals surface area (Å²) in [5.74, 6) is 0.629. The molecule has 4 nitrogen and oxygen atoms in total. The molecule has 0 spiro atoms. The third kappa shape index (κ3) is 4.17. The van der Waals surface area contributed by atoms with Gasteiger partial charge in [-0.3, -0.25) is 9.55 Å². The van der Waals surface area contributed by atoms with Crippen LogP contribution in [0.5, 0.6) is 0 Å². The molecule has 5 aromatic carbocycles. The van der Waals surface area contributed by atoms with Gasteiger partial charge in [-0.1, -0.05) is 140 Å². The fraction of sp³-hybridized carbons (Fsp3) is 0. The van der Waals surface area contributed by atoms with Gasteiger partial charge < -0.3 is 0 Å². The Hall–Kier alpha value is -5.65. The lowest BCUT2D eigenvalue weighted by molar-refractivity contribution is 0.988. The van der Waals surface area contributed by atoms with Crippen molar-refractivity contribution in [1.29, 1.82) is 0 Å². The van der Waals surface area contributed by atoms with Gasteiger partial charge in [-0.25, -0.2) is 9.97 Å². The molecule has 0 aliphatic heterocycles. The van der Waals surface area contributed by atoms with Crippen molar-refractivity contribution in [1.82, 2.24) is 19.5 Å². The first-order chi connectivity index (χ1) is 21.8. The summed E-state index contributed by atoms with van der Waals surface area (Å²) in [7, 11) is -2.69. The summed E-state index contributed by atoms with van der Waals surface area (Å²) in [5, 5.41) is 7.58. The van der Waals surface area contributed by atoms with Gasteiger partial charge in [0.1, 0.15) is 0 Å². The van der Waals surface area contributed by atoms with E-state index in [0.29, 0.717) is 5.95 Å². The Kier molecular flexibility index (Phi) is 6.43. The summed E-state index contributed by atoms with van der Waals surface area (Å²) in [6.45, 7) is 0. The molecule has 5 heteroatoms. The van der Waals surface area contributed by atoms with Crippen LogP contribution in [0.1, 0.15) is 0 Å². The average Bonchev–Trinajstić information content (AvgIpc) is 3.45. The number of nitrogens with zero attached hydrogens (tertiary/aromatic N) is 4. The molecule has 0 unspecified atom stereocenters. The largest absolute Gasteiger partial charge is 0.278 e. The third-order valence-corrected chi connectivity index (χ3v) is 13.3. The van der Waals surface area contributed by atoms with Crippen LogP contribution in [0.4, 0.5) is 0 Å². The minimum Gasteiger partial charge on any atom is -0.278 e. The van der Waals surface area contributed by atoms with Crippen molar-refractivity contribution in [3.63, 3.8) is 0 Å². The van der Waals surface area contributed by atoms with Crippen LogP contribution in [0.15, 0.2) is 170 Å². The first kappa shape index (κ1) is 26.0. The molecule has 0 saturated heterocycles. The maximum absolute atomic E-state index is 5.13. The second-order valence-electron chi connectivity index (χ2n) is 10.9. The number of rotatable bonds is 6. The zero-order chi connectivity index (χ0) is 29.3. The number of aromatic nitrogens is 4. The highest BCUT2D eigenvalue weighted by Crippen LogP contribution is 2.31. The zero-order valence-electron chi connectivity index (χ0n) is 24.0. The molecule has 0 fully saturated rings. The third-order valence-electron chi connectivity index (χ3n) is 8.50. The van der Waals surface area contributed by atoms with Crippen molar-refractivity contribution in [2.75, 3.05) is 0 Å². The molecule has 0 amide bonds. The Morgan fingerprint density at radius 3 is 1.43 bits per heavy atom.